The van der Waals surface area contributed by atoms with Crippen LogP contribution in [0.25, 0.3) is 0 Å². The number of ether oxygens (including phenoxy) is 1. The average molecular weight is 237 g/mol. The quantitative estimate of drug-likeness (QED) is 0.696. The first-order chi connectivity index (χ1) is 8.02. The van der Waals surface area contributed by atoms with Gasteiger partial charge in [0.25, 0.3) is 0 Å². The Morgan fingerprint density at radius 3 is 2.76 bits per heavy atom. The highest BCUT2D eigenvalue weighted by Gasteiger charge is 2.46. The summed E-state index contributed by atoms with van der Waals surface area (Å²) < 4.78 is 5.91. The van der Waals surface area contributed by atoms with Crippen LogP contribution in [0.5, 0.6) is 0 Å². The standard InChI is InChI=1S/C15H27NO/c1-12(2)8-14-9-15(11-17-13(3)4)6-5-7-16(15)10-14/h8,12-13H,5-7,9-11H2,1-4H3/b14-8-. The summed E-state index contributed by atoms with van der Waals surface area (Å²) in [5.74, 6) is 0.674. The molecule has 0 bridgehead atoms. The summed E-state index contributed by atoms with van der Waals surface area (Å²) in [6, 6.07) is 0. The summed E-state index contributed by atoms with van der Waals surface area (Å²) in [7, 11) is 0. The molecule has 2 heteroatoms. The Balaban J connectivity index is 2.04. The van der Waals surface area contributed by atoms with Gasteiger partial charge in [0.1, 0.15) is 0 Å². The van der Waals surface area contributed by atoms with Gasteiger partial charge in [0.15, 0.2) is 0 Å². The second kappa shape index (κ2) is 5.11. The Bertz CT molecular complexity index is 295. The Morgan fingerprint density at radius 1 is 1.35 bits per heavy atom. The monoisotopic (exact) mass is 237 g/mol. The molecule has 2 nitrogen and oxygen atoms in total. The Morgan fingerprint density at radius 2 is 2.12 bits per heavy atom. The third kappa shape index (κ3) is 2.92. The molecular formula is C15H27NO. The van der Waals surface area contributed by atoms with Gasteiger partial charge < -0.3 is 4.74 Å². The Kier molecular flexibility index (Phi) is 3.94. The summed E-state index contributed by atoms with van der Waals surface area (Å²) in [6.45, 7) is 12.2. The maximum Gasteiger partial charge on any atom is 0.0657 e. The molecule has 0 amide bonds. The summed E-state index contributed by atoms with van der Waals surface area (Å²) >= 11 is 0. The Labute approximate surface area is 106 Å². The van der Waals surface area contributed by atoms with Gasteiger partial charge in [-0.25, -0.2) is 0 Å². The van der Waals surface area contributed by atoms with Crippen LogP contribution in [-0.2, 0) is 4.74 Å². The van der Waals surface area contributed by atoms with E-state index in [0.29, 0.717) is 17.6 Å². The third-order valence-electron chi connectivity index (χ3n) is 3.95. The van der Waals surface area contributed by atoms with Gasteiger partial charge in [-0.05, 0) is 45.6 Å². The van der Waals surface area contributed by atoms with Crippen molar-refractivity contribution >= 4 is 0 Å². The molecule has 0 N–H and O–H groups in total. The minimum absolute atomic E-state index is 0.338. The zero-order valence-corrected chi connectivity index (χ0v) is 11.8. The van der Waals surface area contributed by atoms with E-state index in [1.54, 1.807) is 5.57 Å². The molecule has 1 atom stereocenters. The SMILES string of the molecule is CC(C)/C=C1\CN2CCCC2(COC(C)C)C1. The lowest BCUT2D eigenvalue weighted by Crippen LogP contribution is -2.43. The van der Waals surface area contributed by atoms with E-state index in [1.807, 2.05) is 0 Å². The van der Waals surface area contributed by atoms with Gasteiger partial charge in [0.05, 0.1) is 12.7 Å². The van der Waals surface area contributed by atoms with Gasteiger partial charge in [-0.2, -0.15) is 0 Å². The van der Waals surface area contributed by atoms with Crippen molar-refractivity contribution in [3.63, 3.8) is 0 Å². The van der Waals surface area contributed by atoms with Crippen molar-refractivity contribution < 1.29 is 4.74 Å². The van der Waals surface area contributed by atoms with Gasteiger partial charge in [-0.1, -0.05) is 25.5 Å². The topological polar surface area (TPSA) is 12.5 Å². The van der Waals surface area contributed by atoms with Crippen LogP contribution in [0.1, 0.15) is 47.0 Å². The number of fused-ring (bicyclic) bond motifs is 1. The van der Waals surface area contributed by atoms with E-state index in [4.69, 9.17) is 4.74 Å². The van der Waals surface area contributed by atoms with E-state index in [0.717, 1.165) is 6.61 Å². The molecule has 2 aliphatic rings. The second-order valence-corrected chi connectivity index (χ2v) is 6.35. The molecule has 2 fully saturated rings. The predicted octanol–water partition coefficient (Wildman–Crippen LogP) is 3.23. The van der Waals surface area contributed by atoms with E-state index >= 15 is 0 Å². The van der Waals surface area contributed by atoms with E-state index in [2.05, 4.69) is 38.7 Å². The van der Waals surface area contributed by atoms with Gasteiger partial charge in [0, 0.05) is 12.1 Å². The first-order valence-electron chi connectivity index (χ1n) is 7.08. The lowest BCUT2D eigenvalue weighted by Gasteiger charge is -2.32. The maximum absolute atomic E-state index is 5.91. The van der Waals surface area contributed by atoms with Crippen molar-refractivity contribution in [2.45, 2.75) is 58.6 Å². The average Bonchev–Trinajstić information content (AvgIpc) is 2.70. The van der Waals surface area contributed by atoms with E-state index < -0.39 is 0 Å². The van der Waals surface area contributed by atoms with E-state index in [1.165, 1.54) is 32.4 Å². The maximum atomic E-state index is 5.91. The molecule has 2 saturated heterocycles. The van der Waals surface area contributed by atoms with Crippen LogP contribution in [-0.4, -0.2) is 36.2 Å². The molecule has 1 unspecified atom stereocenters. The molecule has 2 heterocycles. The van der Waals surface area contributed by atoms with Gasteiger partial charge in [-0.15, -0.1) is 0 Å². The van der Waals surface area contributed by atoms with Crippen LogP contribution >= 0.6 is 0 Å². The fourth-order valence-electron chi connectivity index (χ4n) is 3.28. The van der Waals surface area contributed by atoms with Crippen LogP contribution in [0.15, 0.2) is 11.6 Å². The minimum Gasteiger partial charge on any atom is -0.377 e. The van der Waals surface area contributed by atoms with Gasteiger partial charge >= 0.3 is 0 Å². The minimum atomic E-state index is 0.338. The lowest BCUT2D eigenvalue weighted by molar-refractivity contribution is 0.00328. The summed E-state index contributed by atoms with van der Waals surface area (Å²) in [5.41, 5.74) is 1.97. The molecule has 0 aromatic carbocycles. The molecule has 2 aliphatic heterocycles. The van der Waals surface area contributed by atoms with Crippen molar-refractivity contribution in [1.82, 2.24) is 4.90 Å². The van der Waals surface area contributed by atoms with Crippen molar-refractivity contribution in [3.05, 3.63) is 11.6 Å². The zero-order valence-electron chi connectivity index (χ0n) is 11.8. The number of hydrogen-bond acceptors (Lipinski definition) is 2. The fourth-order valence-corrected chi connectivity index (χ4v) is 3.28. The molecule has 0 saturated carbocycles. The van der Waals surface area contributed by atoms with Crippen LogP contribution in [0.4, 0.5) is 0 Å². The van der Waals surface area contributed by atoms with E-state index in [-0.39, 0.29) is 0 Å². The van der Waals surface area contributed by atoms with Crippen LogP contribution in [0.3, 0.4) is 0 Å². The number of allylic oxidation sites excluding steroid dienone is 1. The van der Waals surface area contributed by atoms with Crippen molar-refractivity contribution in [1.29, 1.82) is 0 Å². The lowest BCUT2D eigenvalue weighted by atomic mass is 9.92. The molecule has 0 aromatic heterocycles. The molecule has 0 aromatic rings. The molecule has 0 radical (unpaired) electrons. The number of nitrogens with zero attached hydrogens (tertiary/aromatic N) is 1. The summed E-state index contributed by atoms with van der Waals surface area (Å²) in [6.07, 6.45) is 6.70. The summed E-state index contributed by atoms with van der Waals surface area (Å²) in [4.78, 5) is 2.66. The highest BCUT2D eigenvalue weighted by atomic mass is 16.5. The zero-order chi connectivity index (χ0) is 12.5. The van der Waals surface area contributed by atoms with Crippen molar-refractivity contribution in [3.8, 4) is 0 Å². The number of hydrogen-bond donors (Lipinski definition) is 0. The van der Waals surface area contributed by atoms with Crippen molar-refractivity contribution in [2.75, 3.05) is 19.7 Å². The highest BCUT2D eigenvalue weighted by molar-refractivity contribution is 5.21. The highest BCUT2D eigenvalue weighted by Crippen LogP contribution is 2.41. The second-order valence-electron chi connectivity index (χ2n) is 6.35. The van der Waals surface area contributed by atoms with E-state index in [9.17, 15) is 0 Å². The smallest absolute Gasteiger partial charge is 0.0657 e. The van der Waals surface area contributed by atoms with Crippen LogP contribution in [0.2, 0.25) is 0 Å². The first kappa shape index (κ1) is 13.1. The Hall–Kier alpha value is -0.340. The largest absolute Gasteiger partial charge is 0.377 e. The van der Waals surface area contributed by atoms with Crippen LogP contribution < -0.4 is 0 Å². The molecule has 17 heavy (non-hydrogen) atoms. The normalized spacial score (nSPS) is 32.0. The molecular weight excluding hydrogens is 210 g/mol. The van der Waals surface area contributed by atoms with Gasteiger partial charge in [-0.3, -0.25) is 4.90 Å². The third-order valence-corrected chi connectivity index (χ3v) is 3.95. The molecule has 98 valence electrons. The fraction of sp³-hybridized carbons (Fsp3) is 0.867. The van der Waals surface area contributed by atoms with Crippen molar-refractivity contribution in [2.24, 2.45) is 5.92 Å². The molecule has 0 aliphatic carbocycles. The van der Waals surface area contributed by atoms with Gasteiger partial charge in [0.2, 0.25) is 0 Å². The summed E-state index contributed by atoms with van der Waals surface area (Å²) in [5, 5.41) is 0. The molecule has 2 rings (SSSR count). The first-order valence-corrected chi connectivity index (χ1v) is 7.08. The predicted molar refractivity (Wildman–Crippen MR) is 72.2 cm³/mol. The molecule has 0 spiro atoms. The number of rotatable bonds is 4. The van der Waals surface area contributed by atoms with Crippen LogP contribution in [0, 0.1) is 5.92 Å².